The molecule has 0 aliphatic heterocycles. The molecule has 1 atom stereocenters. The molecule has 0 fully saturated rings. The number of hydrogen-bond acceptors (Lipinski definition) is 3. The Hall–Kier alpha value is -1.30. The molecule has 6 nitrogen and oxygen atoms in total. The van der Waals surface area contributed by atoms with Crippen LogP contribution in [0.15, 0.2) is 4.99 Å². The van der Waals surface area contributed by atoms with Gasteiger partial charge in [0.1, 0.15) is 6.54 Å². The summed E-state index contributed by atoms with van der Waals surface area (Å²) in [6.07, 6.45) is 3.05. The van der Waals surface area contributed by atoms with Crippen LogP contribution in [0.4, 0.5) is 0 Å². The zero-order valence-corrected chi connectivity index (χ0v) is 14.2. The molecule has 2 N–H and O–H groups in total. The van der Waals surface area contributed by atoms with E-state index in [4.69, 9.17) is 4.74 Å². The number of hydrogen-bond donors (Lipinski definition) is 2. The summed E-state index contributed by atoms with van der Waals surface area (Å²) >= 11 is 0. The first-order valence-corrected chi connectivity index (χ1v) is 7.83. The smallest absolute Gasteiger partial charge is 0.243 e. The van der Waals surface area contributed by atoms with Crippen molar-refractivity contribution >= 4 is 11.9 Å². The highest BCUT2D eigenvalue weighted by atomic mass is 16.5. The van der Waals surface area contributed by atoms with Crippen LogP contribution < -0.4 is 10.6 Å². The molecule has 124 valence electrons. The molecular weight excluding hydrogens is 268 g/mol. The maximum Gasteiger partial charge on any atom is 0.243 e. The lowest BCUT2D eigenvalue weighted by molar-refractivity contribution is -0.127. The summed E-state index contributed by atoms with van der Waals surface area (Å²) in [6.45, 7) is 8.76. The summed E-state index contributed by atoms with van der Waals surface area (Å²) < 4.78 is 5.30. The summed E-state index contributed by atoms with van der Waals surface area (Å²) in [5, 5.41) is 6.57. The highest BCUT2D eigenvalue weighted by molar-refractivity contribution is 5.84. The van der Waals surface area contributed by atoms with E-state index in [2.05, 4.69) is 29.5 Å². The van der Waals surface area contributed by atoms with E-state index in [1.807, 2.05) is 6.92 Å². The number of amides is 1. The van der Waals surface area contributed by atoms with Crippen LogP contribution in [0, 0.1) is 0 Å². The Kier molecular flexibility index (Phi) is 11.7. The van der Waals surface area contributed by atoms with Crippen LogP contribution >= 0.6 is 0 Å². The van der Waals surface area contributed by atoms with Crippen LogP contribution in [0.1, 0.15) is 40.0 Å². The predicted molar refractivity (Wildman–Crippen MR) is 87.6 cm³/mol. The van der Waals surface area contributed by atoms with E-state index >= 15 is 0 Å². The molecule has 0 saturated carbocycles. The number of guanidine groups is 1. The molecule has 0 bridgehead atoms. The molecular formula is C15H32N4O2. The third-order valence-corrected chi connectivity index (χ3v) is 3.08. The first kappa shape index (κ1) is 19.7. The second-order valence-electron chi connectivity index (χ2n) is 5.24. The van der Waals surface area contributed by atoms with E-state index in [-0.39, 0.29) is 12.5 Å². The molecule has 21 heavy (non-hydrogen) atoms. The predicted octanol–water partition coefficient (Wildman–Crippen LogP) is 1.23. The molecule has 1 unspecified atom stereocenters. The van der Waals surface area contributed by atoms with Crippen molar-refractivity contribution < 1.29 is 9.53 Å². The number of aliphatic imine (C=N–C) groups is 1. The Morgan fingerprint density at radius 2 is 2.00 bits per heavy atom. The lowest BCUT2D eigenvalue weighted by atomic mass is 10.3. The average Bonchev–Trinajstić information content (AvgIpc) is 2.47. The minimum Gasteiger partial charge on any atom is -0.382 e. The Morgan fingerprint density at radius 1 is 1.29 bits per heavy atom. The molecule has 0 aromatic rings. The van der Waals surface area contributed by atoms with E-state index in [0.29, 0.717) is 12.0 Å². The average molecular weight is 300 g/mol. The highest BCUT2D eigenvalue weighted by Gasteiger charge is 2.06. The zero-order valence-electron chi connectivity index (χ0n) is 14.2. The molecule has 6 heteroatoms. The second kappa shape index (κ2) is 12.4. The van der Waals surface area contributed by atoms with Crippen molar-refractivity contribution in [3.63, 3.8) is 0 Å². The molecule has 0 rings (SSSR count). The number of carbonyl (C=O) groups excluding carboxylic acids is 1. The lowest BCUT2D eigenvalue weighted by Crippen LogP contribution is -2.43. The van der Waals surface area contributed by atoms with Gasteiger partial charge in [0, 0.05) is 39.9 Å². The van der Waals surface area contributed by atoms with Gasteiger partial charge in [-0.05, 0) is 33.1 Å². The Labute approximate surface area is 129 Å². The largest absolute Gasteiger partial charge is 0.382 e. The zero-order chi connectivity index (χ0) is 16.1. The topological polar surface area (TPSA) is 66.0 Å². The van der Waals surface area contributed by atoms with Gasteiger partial charge in [-0.25, -0.2) is 4.99 Å². The third-order valence-electron chi connectivity index (χ3n) is 3.08. The number of ether oxygens (including phenoxy) is 1. The molecule has 0 aliphatic carbocycles. The molecule has 0 saturated heterocycles. The fraction of sp³-hybridized carbons (Fsp3) is 0.867. The van der Waals surface area contributed by atoms with Crippen molar-refractivity contribution in [2.75, 3.05) is 40.4 Å². The fourth-order valence-corrected chi connectivity index (χ4v) is 1.46. The molecule has 0 aromatic heterocycles. The highest BCUT2D eigenvalue weighted by Crippen LogP contribution is 1.91. The van der Waals surface area contributed by atoms with Crippen molar-refractivity contribution in [1.29, 1.82) is 0 Å². The van der Waals surface area contributed by atoms with Gasteiger partial charge in [0.2, 0.25) is 5.91 Å². The van der Waals surface area contributed by atoms with E-state index < -0.39 is 0 Å². The van der Waals surface area contributed by atoms with Crippen molar-refractivity contribution in [2.45, 2.75) is 46.1 Å². The summed E-state index contributed by atoms with van der Waals surface area (Å²) in [5.41, 5.74) is 0. The third kappa shape index (κ3) is 11.1. The van der Waals surface area contributed by atoms with E-state index in [0.717, 1.165) is 39.0 Å². The lowest BCUT2D eigenvalue weighted by Gasteiger charge is -2.17. The number of nitrogens with one attached hydrogen (secondary N) is 2. The van der Waals surface area contributed by atoms with Crippen molar-refractivity contribution in [3.8, 4) is 0 Å². The Balaban J connectivity index is 4.19. The first-order valence-electron chi connectivity index (χ1n) is 7.83. The van der Waals surface area contributed by atoms with Gasteiger partial charge in [0.05, 0.1) is 0 Å². The van der Waals surface area contributed by atoms with Crippen LogP contribution in [0.5, 0.6) is 0 Å². The molecule has 0 heterocycles. The van der Waals surface area contributed by atoms with Crippen LogP contribution in [0.2, 0.25) is 0 Å². The van der Waals surface area contributed by atoms with Crippen molar-refractivity contribution in [1.82, 2.24) is 15.5 Å². The molecule has 0 aromatic carbocycles. The van der Waals surface area contributed by atoms with Crippen LogP contribution in [0.3, 0.4) is 0 Å². The number of carbonyl (C=O) groups is 1. The van der Waals surface area contributed by atoms with Crippen molar-refractivity contribution in [2.24, 2.45) is 4.99 Å². The van der Waals surface area contributed by atoms with Gasteiger partial charge >= 0.3 is 0 Å². The second-order valence-corrected chi connectivity index (χ2v) is 5.24. The number of unbranched alkanes of at least 4 members (excludes halogenated alkanes) is 1. The van der Waals surface area contributed by atoms with E-state index in [9.17, 15) is 4.79 Å². The quantitative estimate of drug-likeness (QED) is 0.362. The van der Waals surface area contributed by atoms with Gasteiger partial charge in [-0.2, -0.15) is 0 Å². The van der Waals surface area contributed by atoms with Gasteiger partial charge in [0.15, 0.2) is 5.96 Å². The molecule has 0 radical (unpaired) electrons. The van der Waals surface area contributed by atoms with Crippen LogP contribution in [-0.4, -0.2) is 63.2 Å². The fourth-order valence-electron chi connectivity index (χ4n) is 1.46. The molecule has 0 aliphatic rings. The van der Waals surface area contributed by atoms with Crippen LogP contribution in [-0.2, 0) is 9.53 Å². The summed E-state index contributed by atoms with van der Waals surface area (Å²) in [7, 11) is 3.47. The monoisotopic (exact) mass is 300 g/mol. The summed E-state index contributed by atoms with van der Waals surface area (Å²) in [6, 6.07) is 0.328. The Bertz CT molecular complexity index is 306. The molecule has 1 amide bonds. The Morgan fingerprint density at radius 3 is 2.57 bits per heavy atom. The maximum atomic E-state index is 11.6. The van der Waals surface area contributed by atoms with Crippen molar-refractivity contribution in [3.05, 3.63) is 0 Å². The first-order chi connectivity index (χ1) is 10.0. The number of nitrogens with zero attached hydrogens (tertiary/aromatic N) is 2. The van der Waals surface area contributed by atoms with Gasteiger partial charge < -0.3 is 20.3 Å². The van der Waals surface area contributed by atoms with Gasteiger partial charge in [-0.15, -0.1) is 0 Å². The number of rotatable bonds is 10. The van der Waals surface area contributed by atoms with E-state index in [1.165, 1.54) is 0 Å². The SMILES string of the molecule is CCOCCCCNC(=NCC(=O)N(C)C)NC(C)CC. The van der Waals surface area contributed by atoms with Gasteiger partial charge in [0.25, 0.3) is 0 Å². The van der Waals surface area contributed by atoms with Gasteiger partial charge in [-0.1, -0.05) is 6.92 Å². The standard InChI is InChI=1S/C15H32N4O2/c1-6-13(3)18-15(17-12-14(20)19(4)5)16-10-8-9-11-21-7-2/h13H,6-12H2,1-5H3,(H2,16,17,18). The van der Waals surface area contributed by atoms with Gasteiger partial charge in [-0.3, -0.25) is 4.79 Å². The molecule has 0 spiro atoms. The van der Waals surface area contributed by atoms with Crippen LogP contribution in [0.25, 0.3) is 0 Å². The summed E-state index contributed by atoms with van der Waals surface area (Å²) in [4.78, 5) is 17.5. The minimum absolute atomic E-state index is 0.00315. The summed E-state index contributed by atoms with van der Waals surface area (Å²) in [5.74, 6) is 0.701. The normalized spacial score (nSPS) is 12.9. The number of likely N-dealkylation sites (N-methyl/N-ethyl adjacent to an activating group) is 1. The minimum atomic E-state index is -0.00315. The van der Waals surface area contributed by atoms with E-state index in [1.54, 1.807) is 19.0 Å². The maximum absolute atomic E-state index is 11.6.